The second-order valence-corrected chi connectivity index (χ2v) is 4.90. The lowest BCUT2D eigenvalue weighted by Gasteiger charge is -2.10. The molecule has 0 atom stereocenters. The normalized spacial score (nSPS) is 11.1. The highest BCUT2D eigenvalue weighted by atomic mass is 15.0. The van der Waals surface area contributed by atoms with Crippen molar-refractivity contribution in [2.45, 2.75) is 33.1 Å². The highest BCUT2D eigenvalue weighted by molar-refractivity contribution is 5.61. The van der Waals surface area contributed by atoms with Crippen molar-refractivity contribution in [1.82, 2.24) is 9.55 Å². The molecule has 0 aliphatic carbocycles. The molecule has 0 radical (unpaired) electrons. The van der Waals surface area contributed by atoms with Crippen molar-refractivity contribution >= 4 is 0 Å². The number of hydrogen-bond acceptors (Lipinski definition) is 1. The first kappa shape index (κ1) is 11.9. The lowest BCUT2D eigenvalue weighted by Crippen LogP contribution is -1.92. The Kier molecular flexibility index (Phi) is 3.32. The zero-order valence-corrected chi connectivity index (χ0v) is 11.1. The molecule has 90 valence electrons. The molecule has 2 nitrogen and oxygen atoms in total. The average molecular weight is 228 g/mol. The van der Waals surface area contributed by atoms with E-state index in [2.05, 4.69) is 50.2 Å². The van der Waals surface area contributed by atoms with E-state index in [0.717, 1.165) is 12.1 Å². The molecule has 0 aliphatic heterocycles. The molecule has 0 fully saturated rings. The fourth-order valence-corrected chi connectivity index (χ4v) is 1.97. The van der Waals surface area contributed by atoms with Gasteiger partial charge in [0.25, 0.3) is 0 Å². The molecule has 0 N–H and O–H groups in total. The molecule has 1 aromatic heterocycles. The number of benzene rings is 1. The zero-order valence-electron chi connectivity index (χ0n) is 11.1. The van der Waals surface area contributed by atoms with Gasteiger partial charge in [0, 0.05) is 18.8 Å². The fraction of sp³-hybridized carbons (Fsp3) is 0.400. The zero-order chi connectivity index (χ0) is 12.4. The summed E-state index contributed by atoms with van der Waals surface area (Å²) >= 11 is 0. The van der Waals surface area contributed by atoms with Crippen molar-refractivity contribution in [2.24, 2.45) is 7.05 Å². The van der Waals surface area contributed by atoms with Crippen LogP contribution in [0.4, 0.5) is 0 Å². The van der Waals surface area contributed by atoms with E-state index < -0.39 is 0 Å². The molecule has 1 heterocycles. The Bertz CT molecular complexity index is 509. The van der Waals surface area contributed by atoms with E-state index in [9.17, 15) is 0 Å². The van der Waals surface area contributed by atoms with Gasteiger partial charge in [0.05, 0.1) is 12.0 Å². The predicted molar refractivity (Wildman–Crippen MR) is 72.1 cm³/mol. The Balaban J connectivity index is 2.49. The Hall–Kier alpha value is -1.57. The van der Waals surface area contributed by atoms with Gasteiger partial charge in [-0.1, -0.05) is 26.8 Å². The Morgan fingerprint density at radius 1 is 1.24 bits per heavy atom. The van der Waals surface area contributed by atoms with E-state index in [0.29, 0.717) is 5.92 Å². The van der Waals surface area contributed by atoms with Gasteiger partial charge in [-0.2, -0.15) is 0 Å². The van der Waals surface area contributed by atoms with E-state index in [-0.39, 0.29) is 0 Å². The van der Waals surface area contributed by atoms with E-state index in [4.69, 9.17) is 0 Å². The van der Waals surface area contributed by atoms with Crippen LogP contribution in [-0.2, 0) is 13.5 Å². The standard InChI is InChI=1S/C15H20N2/c1-5-12-6-13(11(2)3)8-14(7-12)15-9-17(4)10-16-15/h6-11H,5H2,1-4H3. The van der Waals surface area contributed by atoms with Gasteiger partial charge >= 0.3 is 0 Å². The van der Waals surface area contributed by atoms with Crippen LogP contribution in [0, 0.1) is 0 Å². The molecule has 1 aromatic carbocycles. The summed E-state index contributed by atoms with van der Waals surface area (Å²) in [6, 6.07) is 6.80. The molecular formula is C15H20N2. The molecule has 0 unspecified atom stereocenters. The van der Waals surface area contributed by atoms with E-state index in [1.54, 1.807) is 0 Å². The second-order valence-electron chi connectivity index (χ2n) is 4.90. The van der Waals surface area contributed by atoms with Crippen LogP contribution in [0.25, 0.3) is 11.3 Å². The van der Waals surface area contributed by atoms with Crippen LogP contribution >= 0.6 is 0 Å². The van der Waals surface area contributed by atoms with E-state index >= 15 is 0 Å². The van der Waals surface area contributed by atoms with Gasteiger partial charge in [0.2, 0.25) is 0 Å². The molecule has 2 aromatic rings. The quantitative estimate of drug-likeness (QED) is 0.782. The van der Waals surface area contributed by atoms with Gasteiger partial charge in [-0.25, -0.2) is 4.98 Å². The van der Waals surface area contributed by atoms with Gasteiger partial charge < -0.3 is 4.57 Å². The lowest BCUT2D eigenvalue weighted by molar-refractivity contribution is 0.863. The third-order valence-corrected chi connectivity index (χ3v) is 3.09. The molecule has 0 aliphatic rings. The van der Waals surface area contributed by atoms with Gasteiger partial charge in [-0.3, -0.25) is 0 Å². The highest BCUT2D eigenvalue weighted by Gasteiger charge is 2.07. The van der Waals surface area contributed by atoms with Crippen molar-refractivity contribution in [3.8, 4) is 11.3 Å². The highest BCUT2D eigenvalue weighted by Crippen LogP contribution is 2.25. The molecule has 2 rings (SSSR count). The third-order valence-electron chi connectivity index (χ3n) is 3.09. The molecule has 0 amide bonds. The second kappa shape index (κ2) is 4.74. The maximum Gasteiger partial charge on any atom is 0.0951 e. The van der Waals surface area contributed by atoms with Crippen LogP contribution in [0.2, 0.25) is 0 Å². The third kappa shape index (κ3) is 2.57. The number of hydrogen-bond donors (Lipinski definition) is 0. The number of aryl methyl sites for hydroxylation is 2. The van der Waals surface area contributed by atoms with Crippen molar-refractivity contribution in [1.29, 1.82) is 0 Å². The maximum absolute atomic E-state index is 4.42. The summed E-state index contributed by atoms with van der Waals surface area (Å²) in [5.74, 6) is 0.559. The Morgan fingerprint density at radius 2 is 2.00 bits per heavy atom. The average Bonchev–Trinajstić information content (AvgIpc) is 2.75. The monoisotopic (exact) mass is 228 g/mol. The number of aromatic nitrogens is 2. The van der Waals surface area contributed by atoms with Crippen LogP contribution in [0.3, 0.4) is 0 Å². The number of rotatable bonds is 3. The van der Waals surface area contributed by atoms with Crippen LogP contribution < -0.4 is 0 Å². The van der Waals surface area contributed by atoms with Gasteiger partial charge in [-0.05, 0) is 35.6 Å². The molecular weight excluding hydrogens is 208 g/mol. The van der Waals surface area contributed by atoms with Crippen LogP contribution in [0.5, 0.6) is 0 Å². The Labute approximate surface area is 103 Å². The molecule has 17 heavy (non-hydrogen) atoms. The number of imidazole rings is 1. The SMILES string of the molecule is CCc1cc(-c2cn(C)cn2)cc(C(C)C)c1. The fourth-order valence-electron chi connectivity index (χ4n) is 1.97. The summed E-state index contributed by atoms with van der Waals surface area (Å²) in [6.07, 6.45) is 4.99. The molecule has 2 heteroatoms. The summed E-state index contributed by atoms with van der Waals surface area (Å²) in [6.45, 7) is 6.66. The van der Waals surface area contributed by atoms with Crippen LogP contribution in [0.1, 0.15) is 37.8 Å². The maximum atomic E-state index is 4.42. The summed E-state index contributed by atoms with van der Waals surface area (Å²) in [5, 5.41) is 0. The Morgan fingerprint density at radius 3 is 2.53 bits per heavy atom. The summed E-state index contributed by atoms with van der Waals surface area (Å²) < 4.78 is 1.99. The van der Waals surface area contributed by atoms with Gasteiger partial charge in [0.15, 0.2) is 0 Å². The van der Waals surface area contributed by atoms with Gasteiger partial charge in [0.1, 0.15) is 0 Å². The van der Waals surface area contributed by atoms with E-state index in [1.807, 2.05) is 17.9 Å². The minimum absolute atomic E-state index is 0.559. The van der Waals surface area contributed by atoms with Crippen LogP contribution in [0.15, 0.2) is 30.7 Å². The van der Waals surface area contributed by atoms with Crippen LogP contribution in [-0.4, -0.2) is 9.55 Å². The van der Waals surface area contributed by atoms with Crippen molar-refractivity contribution < 1.29 is 0 Å². The van der Waals surface area contributed by atoms with Crippen molar-refractivity contribution in [3.05, 3.63) is 41.9 Å². The molecule has 0 bridgehead atoms. The number of nitrogens with zero attached hydrogens (tertiary/aromatic N) is 2. The summed E-state index contributed by atoms with van der Waals surface area (Å²) in [7, 11) is 2.00. The van der Waals surface area contributed by atoms with Crippen molar-refractivity contribution in [2.75, 3.05) is 0 Å². The molecule has 0 spiro atoms. The minimum atomic E-state index is 0.559. The first-order valence-corrected chi connectivity index (χ1v) is 6.22. The predicted octanol–water partition coefficient (Wildman–Crippen LogP) is 3.77. The topological polar surface area (TPSA) is 17.8 Å². The largest absolute Gasteiger partial charge is 0.340 e. The summed E-state index contributed by atoms with van der Waals surface area (Å²) in [5.41, 5.74) is 5.07. The first-order valence-electron chi connectivity index (χ1n) is 6.22. The smallest absolute Gasteiger partial charge is 0.0951 e. The van der Waals surface area contributed by atoms with Gasteiger partial charge in [-0.15, -0.1) is 0 Å². The van der Waals surface area contributed by atoms with E-state index in [1.165, 1.54) is 16.7 Å². The molecule has 0 saturated heterocycles. The first-order chi connectivity index (χ1) is 8.10. The minimum Gasteiger partial charge on any atom is -0.340 e. The molecule has 0 saturated carbocycles. The lowest BCUT2D eigenvalue weighted by atomic mass is 9.96. The van der Waals surface area contributed by atoms with Crippen molar-refractivity contribution in [3.63, 3.8) is 0 Å². The summed E-state index contributed by atoms with van der Waals surface area (Å²) in [4.78, 5) is 4.42.